The van der Waals surface area contributed by atoms with E-state index in [1.807, 2.05) is 31.2 Å². The van der Waals surface area contributed by atoms with Crippen LogP contribution in [0.3, 0.4) is 0 Å². The Morgan fingerprint density at radius 2 is 1.54 bits per heavy atom. The summed E-state index contributed by atoms with van der Waals surface area (Å²) in [6, 6.07) is 14.7. The molecule has 0 spiro atoms. The molecule has 7 nitrogen and oxygen atoms in total. The Bertz CT molecular complexity index is 987. The average molecular weight is 378 g/mol. The van der Waals surface area contributed by atoms with E-state index in [2.05, 4.69) is 20.6 Å². The van der Waals surface area contributed by atoms with Crippen LogP contribution < -0.4 is 20.1 Å². The fourth-order valence-corrected chi connectivity index (χ4v) is 2.64. The molecule has 1 heterocycles. The lowest BCUT2D eigenvalue weighted by atomic mass is 10.2. The van der Waals surface area contributed by atoms with E-state index in [1.54, 1.807) is 45.4 Å². The highest BCUT2D eigenvalue weighted by atomic mass is 16.5. The van der Waals surface area contributed by atoms with Crippen LogP contribution >= 0.6 is 0 Å². The smallest absolute Gasteiger partial charge is 0.274 e. The number of nitrogens with one attached hydrogen (secondary N) is 2. The molecule has 3 rings (SSSR count). The Hall–Kier alpha value is -3.61. The molecule has 0 fully saturated rings. The minimum atomic E-state index is -0.343. The van der Waals surface area contributed by atoms with Crippen LogP contribution in [0.15, 0.2) is 48.5 Å². The molecule has 2 aromatic carbocycles. The van der Waals surface area contributed by atoms with Crippen molar-refractivity contribution in [3.63, 3.8) is 0 Å². The van der Waals surface area contributed by atoms with E-state index in [1.165, 1.54) is 5.56 Å². The molecule has 0 aliphatic rings. The molecule has 0 unspecified atom stereocenters. The first-order chi connectivity index (χ1) is 13.5. The average Bonchev–Trinajstić information content (AvgIpc) is 2.69. The number of hydrogen-bond donors (Lipinski definition) is 2. The molecular weight excluding hydrogens is 356 g/mol. The third kappa shape index (κ3) is 4.56. The third-order valence-corrected chi connectivity index (χ3v) is 4.04. The normalized spacial score (nSPS) is 10.3. The van der Waals surface area contributed by atoms with Gasteiger partial charge in [0.15, 0.2) is 11.5 Å². The van der Waals surface area contributed by atoms with Crippen LogP contribution in [0.2, 0.25) is 0 Å². The molecule has 1 amide bonds. The van der Waals surface area contributed by atoms with Crippen molar-refractivity contribution in [3.8, 4) is 11.5 Å². The van der Waals surface area contributed by atoms with E-state index in [0.717, 1.165) is 5.69 Å². The highest BCUT2D eigenvalue weighted by Gasteiger charge is 2.13. The first kappa shape index (κ1) is 19.2. The number of carbonyl (C=O) groups is 1. The van der Waals surface area contributed by atoms with Gasteiger partial charge in [-0.1, -0.05) is 17.7 Å². The SMILES string of the molecule is COc1ccc(NC(=O)c2cc(Nc3ccc(C)cc3)nc(C)n2)cc1OC. The van der Waals surface area contributed by atoms with Gasteiger partial charge in [-0.2, -0.15) is 0 Å². The zero-order valence-electron chi connectivity index (χ0n) is 16.2. The molecule has 7 heteroatoms. The second-order valence-corrected chi connectivity index (χ2v) is 6.20. The maximum Gasteiger partial charge on any atom is 0.274 e. The standard InChI is InChI=1S/C21H22N4O3/c1-13-5-7-15(8-6-13)24-20-12-17(22-14(2)23-20)21(26)25-16-9-10-18(27-3)19(11-16)28-4/h5-12H,1-4H3,(H,25,26)(H,22,23,24). The lowest BCUT2D eigenvalue weighted by Crippen LogP contribution is -2.15. The van der Waals surface area contributed by atoms with Crippen molar-refractivity contribution in [1.29, 1.82) is 0 Å². The lowest BCUT2D eigenvalue weighted by Gasteiger charge is -2.11. The van der Waals surface area contributed by atoms with Crippen molar-refractivity contribution in [2.75, 3.05) is 24.9 Å². The van der Waals surface area contributed by atoms with Gasteiger partial charge in [-0.25, -0.2) is 9.97 Å². The molecule has 3 aromatic rings. The maximum absolute atomic E-state index is 12.7. The van der Waals surface area contributed by atoms with Crippen LogP contribution in [0.25, 0.3) is 0 Å². The monoisotopic (exact) mass is 378 g/mol. The van der Waals surface area contributed by atoms with Gasteiger partial charge in [-0.05, 0) is 38.1 Å². The highest BCUT2D eigenvalue weighted by molar-refractivity contribution is 6.03. The predicted octanol–water partition coefficient (Wildman–Crippen LogP) is 4.11. The maximum atomic E-state index is 12.7. The minimum Gasteiger partial charge on any atom is -0.493 e. The fourth-order valence-electron chi connectivity index (χ4n) is 2.64. The summed E-state index contributed by atoms with van der Waals surface area (Å²) in [7, 11) is 3.10. The predicted molar refractivity (Wildman–Crippen MR) is 109 cm³/mol. The van der Waals surface area contributed by atoms with E-state index in [9.17, 15) is 4.79 Å². The van der Waals surface area contributed by atoms with Gasteiger partial charge in [0.25, 0.3) is 5.91 Å². The summed E-state index contributed by atoms with van der Waals surface area (Å²) in [5.74, 6) is 1.82. The van der Waals surface area contributed by atoms with Crippen LogP contribution in [-0.2, 0) is 0 Å². The van der Waals surface area contributed by atoms with Crippen LogP contribution in [0.1, 0.15) is 21.9 Å². The van der Waals surface area contributed by atoms with Crippen LogP contribution in [-0.4, -0.2) is 30.1 Å². The number of nitrogens with zero attached hydrogens (tertiary/aromatic N) is 2. The molecule has 1 aromatic heterocycles. The summed E-state index contributed by atoms with van der Waals surface area (Å²) in [5, 5.41) is 6.01. The lowest BCUT2D eigenvalue weighted by molar-refractivity contribution is 0.102. The minimum absolute atomic E-state index is 0.261. The molecule has 144 valence electrons. The van der Waals surface area contributed by atoms with E-state index >= 15 is 0 Å². The van der Waals surface area contributed by atoms with Crippen molar-refractivity contribution in [2.24, 2.45) is 0 Å². The Balaban J connectivity index is 1.80. The van der Waals surface area contributed by atoms with Crippen molar-refractivity contribution in [2.45, 2.75) is 13.8 Å². The van der Waals surface area contributed by atoms with Gasteiger partial charge < -0.3 is 20.1 Å². The first-order valence-electron chi connectivity index (χ1n) is 8.71. The summed E-state index contributed by atoms with van der Waals surface area (Å²) in [6.07, 6.45) is 0. The van der Waals surface area contributed by atoms with Crippen LogP contribution in [0.4, 0.5) is 17.2 Å². The van der Waals surface area contributed by atoms with E-state index in [-0.39, 0.29) is 11.6 Å². The quantitative estimate of drug-likeness (QED) is 0.671. The summed E-state index contributed by atoms with van der Waals surface area (Å²) in [5.41, 5.74) is 2.89. The zero-order chi connectivity index (χ0) is 20.1. The second-order valence-electron chi connectivity index (χ2n) is 6.20. The molecule has 0 saturated heterocycles. The van der Waals surface area contributed by atoms with Crippen molar-refractivity contribution < 1.29 is 14.3 Å². The number of ether oxygens (including phenoxy) is 2. The van der Waals surface area contributed by atoms with Crippen LogP contribution in [0.5, 0.6) is 11.5 Å². The molecule has 2 N–H and O–H groups in total. The number of carbonyl (C=O) groups excluding carboxylic acids is 1. The molecule has 0 bridgehead atoms. The number of aromatic nitrogens is 2. The molecule has 28 heavy (non-hydrogen) atoms. The number of aryl methyl sites for hydroxylation is 2. The third-order valence-electron chi connectivity index (χ3n) is 4.04. The number of hydrogen-bond acceptors (Lipinski definition) is 6. The van der Waals surface area contributed by atoms with E-state index < -0.39 is 0 Å². The molecule has 0 radical (unpaired) electrons. The zero-order valence-corrected chi connectivity index (χ0v) is 16.2. The fraction of sp³-hybridized carbons (Fsp3) is 0.190. The van der Waals surface area contributed by atoms with Gasteiger partial charge in [0.2, 0.25) is 0 Å². The van der Waals surface area contributed by atoms with Crippen molar-refractivity contribution >= 4 is 23.1 Å². The van der Waals surface area contributed by atoms with E-state index in [0.29, 0.717) is 28.8 Å². The van der Waals surface area contributed by atoms with Gasteiger partial charge in [-0.3, -0.25) is 4.79 Å². The Morgan fingerprint density at radius 3 is 2.21 bits per heavy atom. The number of amides is 1. The molecular formula is C21H22N4O3. The van der Waals surface area contributed by atoms with E-state index in [4.69, 9.17) is 9.47 Å². The van der Waals surface area contributed by atoms with Gasteiger partial charge >= 0.3 is 0 Å². The molecule has 0 aliphatic heterocycles. The number of anilines is 3. The first-order valence-corrected chi connectivity index (χ1v) is 8.71. The molecule has 0 atom stereocenters. The van der Waals surface area contributed by atoms with Gasteiger partial charge in [0.05, 0.1) is 14.2 Å². The van der Waals surface area contributed by atoms with Crippen molar-refractivity contribution in [1.82, 2.24) is 9.97 Å². The molecule has 0 saturated carbocycles. The summed E-state index contributed by atoms with van der Waals surface area (Å²) < 4.78 is 10.5. The largest absolute Gasteiger partial charge is 0.493 e. The second kappa shape index (κ2) is 8.39. The molecule has 0 aliphatic carbocycles. The van der Waals surface area contributed by atoms with Gasteiger partial charge in [-0.15, -0.1) is 0 Å². The summed E-state index contributed by atoms with van der Waals surface area (Å²) >= 11 is 0. The van der Waals surface area contributed by atoms with Crippen LogP contribution in [0, 0.1) is 13.8 Å². The number of benzene rings is 2. The Labute approximate surface area is 163 Å². The summed E-state index contributed by atoms with van der Waals surface area (Å²) in [6.45, 7) is 3.77. The number of methoxy groups -OCH3 is 2. The van der Waals surface area contributed by atoms with Gasteiger partial charge in [0, 0.05) is 23.5 Å². The topological polar surface area (TPSA) is 85.4 Å². The highest BCUT2D eigenvalue weighted by Crippen LogP contribution is 2.30. The Kier molecular flexibility index (Phi) is 5.74. The summed E-state index contributed by atoms with van der Waals surface area (Å²) in [4.78, 5) is 21.3. The number of rotatable bonds is 6. The van der Waals surface area contributed by atoms with Crippen molar-refractivity contribution in [3.05, 3.63) is 65.6 Å². The Morgan fingerprint density at radius 1 is 0.857 bits per heavy atom. The van der Waals surface area contributed by atoms with Gasteiger partial charge in [0.1, 0.15) is 17.3 Å².